The maximum absolute atomic E-state index is 13.6. The van der Waals surface area contributed by atoms with E-state index >= 15 is 0 Å². The van der Waals surface area contributed by atoms with E-state index < -0.39 is 0 Å². The van der Waals surface area contributed by atoms with Crippen LogP contribution in [-0.4, -0.2) is 64.8 Å². The Hall–Kier alpha value is -4.12. The summed E-state index contributed by atoms with van der Waals surface area (Å²) >= 11 is 0. The molecule has 1 amide bonds. The summed E-state index contributed by atoms with van der Waals surface area (Å²) in [4.78, 5) is 33.2. The number of hydrogen-bond acceptors (Lipinski definition) is 8. The van der Waals surface area contributed by atoms with Crippen molar-refractivity contribution in [3.05, 3.63) is 65.8 Å². The average molecular weight is 474 g/mol. The van der Waals surface area contributed by atoms with Gasteiger partial charge in [-0.1, -0.05) is 0 Å². The third-order valence-electron chi connectivity index (χ3n) is 6.06. The van der Waals surface area contributed by atoms with Crippen molar-refractivity contribution >= 4 is 17.7 Å². The van der Waals surface area contributed by atoms with Gasteiger partial charge in [0.05, 0.1) is 36.8 Å². The molecular weight excluding hydrogens is 446 g/mol. The SMILES string of the molecule is COC[C@H]1Cn2cc(-c3nc(Nc4ccnn4C)ncc3C)cc2C(=O)N1Cc1ccnc(C)n1. The molecule has 0 radical (unpaired) electrons. The molecule has 1 N–H and O–H groups in total. The zero-order valence-corrected chi connectivity index (χ0v) is 20.1. The van der Waals surface area contributed by atoms with Crippen LogP contribution in [0.4, 0.5) is 11.8 Å². The smallest absolute Gasteiger partial charge is 0.271 e. The summed E-state index contributed by atoms with van der Waals surface area (Å²) in [5, 5.41) is 7.35. The van der Waals surface area contributed by atoms with E-state index in [0.29, 0.717) is 37.2 Å². The van der Waals surface area contributed by atoms with Crippen molar-refractivity contribution in [1.82, 2.24) is 39.2 Å². The van der Waals surface area contributed by atoms with E-state index in [9.17, 15) is 4.79 Å². The topological polar surface area (TPSA) is 116 Å². The monoisotopic (exact) mass is 473 g/mol. The third kappa shape index (κ3) is 4.50. The quantitative estimate of drug-likeness (QED) is 0.435. The van der Waals surface area contributed by atoms with E-state index in [2.05, 4.69) is 25.4 Å². The van der Waals surface area contributed by atoms with Gasteiger partial charge in [-0.2, -0.15) is 5.10 Å². The Morgan fingerprint density at radius 2 is 2.03 bits per heavy atom. The Kier molecular flexibility index (Phi) is 6.00. The van der Waals surface area contributed by atoms with Gasteiger partial charge in [0.2, 0.25) is 5.95 Å². The lowest BCUT2D eigenvalue weighted by Gasteiger charge is -2.36. The van der Waals surface area contributed by atoms with Crippen molar-refractivity contribution in [2.75, 3.05) is 19.0 Å². The Labute approximate surface area is 202 Å². The van der Waals surface area contributed by atoms with Crippen LogP contribution in [0.5, 0.6) is 0 Å². The van der Waals surface area contributed by atoms with Gasteiger partial charge in [0.15, 0.2) is 0 Å². The lowest BCUT2D eigenvalue weighted by molar-refractivity contribution is 0.0384. The first-order valence-corrected chi connectivity index (χ1v) is 11.3. The molecule has 0 saturated heterocycles. The second kappa shape index (κ2) is 9.26. The van der Waals surface area contributed by atoms with Crippen LogP contribution in [0.25, 0.3) is 11.3 Å². The highest BCUT2D eigenvalue weighted by Crippen LogP contribution is 2.29. The van der Waals surface area contributed by atoms with E-state index in [1.165, 1.54) is 0 Å². The van der Waals surface area contributed by atoms with Gasteiger partial charge >= 0.3 is 0 Å². The number of aromatic nitrogens is 7. The maximum Gasteiger partial charge on any atom is 0.271 e. The number of carbonyl (C=O) groups excluding carboxylic acids is 1. The van der Waals surface area contributed by atoms with Gasteiger partial charge in [-0.3, -0.25) is 9.48 Å². The highest BCUT2D eigenvalue weighted by atomic mass is 16.5. The molecule has 0 bridgehead atoms. The van der Waals surface area contributed by atoms with Crippen LogP contribution in [0.3, 0.4) is 0 Å². The molecule has 11 heteroatoms. The normalized spacial score (nSPS) is 15.4. The lowest BCUT2D eigenvalue weighted by Crippen LogP contribution is -2.49. The van der Waals surface area contributed by atoms with Gasteiger partial charge in [-0.25, -0.2) is 19.9 Å². The predicted molar refractivity (Wildman–Crippen MR) is 129 cm³/mol. The van der Waals surface area contributed by atoms with Gasteiger partial charge < -0.3 is 19.5 Å². The first-order valence-electron chi connectivity index (χ1n) is 11.3. The largest absolute Gasteiger partial charge is 0.382 e. The number of aryl methyl sites for hydroxylation is 3. The molecule has 4 aromatic heterocycles. The number of amides is 1. The highest BCUT2D eigenvalue weighted by Gasteiger charge is 2.33. The number of fused-ring (bicyclic) bond motifs is 1. The Morgan fingerprint density at radius 1 is 1.17 bits per heavy atom. The maximum atomic E-state index is 13.6. The van der Waals surface area contributed by atoms with Crippen molar-refractivity contribution in [3.63, 3.8) is 0 Å². The Morgan fingerprint density at radius 3 is 2.77 bits per heavy atom. The second-order valence-electron chi connectivity index (χ2n) is 8.59. The van der Waals surface area contributed by atoms with E-state index in [0.717, 1.165) is 28.3 Å². The molecule has 0 aliphatic carbocycles. The van der Waals surface area contributed by atoms with Crippen molar-refractivity contribution in [1.29, 1.82) is 0 Å². The summed E-state index contributed by atoms with van der Waals surface area (Å²) in [5.74, 6) is 1.85. The van der Waals surface area contributed by atoms with Gasteiger partial charge in [-0.05, 0) is 31.5 Å². The summed E-state index contributed by atoms with van der Waals surface area (Å²) in [7, 11) is 3.49. The predicted octanol–water partition coefficient (Wildman–Crippen LogP) is 2.50. The van der Waals surface area contributed by atoms with Crippen LogP contribution in [0, 0.1) is 13.8 Å². The van der Waals surface area contributed by atoms with Crippen molar-refractivity contribution < 1.29 is 9.53 Å². The number of carbonyl (C=O) groups is 1. The first kappa shape index (κ1) is 22.7. The van der Waals surface area contributed by atoms with Gasteiger partial charge in [0.25, 0.3) is 5.91 Å². The number of anilines is 2. The van der Waals surface area contributed by atoms with Crippen molar-refractivity contribution in [2.45, 2.75) is 33.0 Å². The zero-order valence-electron chi connectivity index (χ0n) is 20.1. The first-order chi connectivity index (χ1) is 16.9. The summed E-state index contributed by atoms with van der Waals surface area (Å²) < 4.78 is 9.14. The minimum Gasteiger partial charge on any atom is -0.382 e. The molecule has 1 atom stereocenters. The molecule has 0 fully saturated rings. The summed E-state index contributed by atoms with van der Waals surface area (Å²) in [5.41, 5.74) is 3.94. The Bertz CT molecular complexity index is 1380. The van der Waals surface area contributed by atoms with Crippen LogP contribution < -0.4 is 5.32 Å². The highest BCUT2D eigenvalue weighted by molar-refractivity contribution is 5.95. The molecule has 4 aromatic rings. The molecule has 180 valence electrons. The number of methoxy groups -OCH3 is 1. The number of nitrogens with zero attached hydrogens (tertiary/aromatic N) is 8. The molecule has 1 aliphatic rings. The number of hydrogen-bond donors (Lipinski definition) is 1. The molecule has 0 unspecified atom stereocenters. The van der Waals surface area contributed by atoms with Crippen LogP contribution >= 0.6 is 0 Å². The second-order valence-corrected chi connectivity index (χ2v) is 8.59. The molecule has 1 aliphatic heterocycles. The summed E-state index contributed by atoms with van der Waals surface area (Å²) in [6.07, 6.45) is 7.17. The van der Waals surface area contributed by atoms with E-state index in [1.807, 2.05) is 54.8 Å². The van der Waals surface area contributed by atoms with E-state index in [-0.39, 0.29) is 11.9 Å². The number of rotatable bonds is 7. The summed E-state index contributed by atoms with van der Waals surface area (Å²) in [6, 6.07) is 5.46. The molecular formula is C24H27N9O2. The fourth-order valence-electron chi connectivity index (χ4n) is 4.32. The minimum absolute atomic E-state index is 0.0687. The van der Waals surface area contributed by atoms with Gasteiger partial charge in [0, 0.05) is 50.9 Å². The molecule has 5 rings (SSSR count). The molecule has 11 nitrogen and oxygen atoms in total. The van der Waals surface area contributed by atoms with Gasteiger partial charge in [-0.15, -0.1) is 0 Å². The summed E-state index contributed by atoms with van der Waals surface area (Å²) in [6.45, 7) is 5.23. The van der Waals surface area contributed by atoms with E-state index in [4.69, 9.17) is 9.72 Å². The van der Waals surface area contributed by atoms with Crippen LogP contribution in [0.1, 0.15) is 27.6 Å². The van der Waals surface area contributed by atoms with Gasteiger partial charge in [0.1, 0.15) is 17.3 Å². The van der Waals surface area contributed by atoms with Crippen LogP contribution in [0.2, 0.25) is 0 Å². The number of nitrogens with one attached hydrogen (secondary N) is 1. The number of ether oxygens (including phenoxy) is 1. The molecule has 0 aromatic carbocycles. The molecule has 0 saturated carbocycles. The van der Waals surface area contributed by atoms with E-state index in [1.54, 1.807) is 30.4 Å². The fraction of sp³-hybridized carbons (Fsp3) is 0.333. The van der Waals surface area contributed by atoms with Crippen LogP contribution in [-0.2, 0) is 24.9 Å². The Balaban J connectivity index is 1.46. The minimum atomic E-state index is -0.121. The molecule has 0 spiro atoms. The van der Waals surface area contributed by atoms with Crippen molar-refractivity contribution in [3.8, 4) is 11.3 Å². The van der Waals surface area contributed by atoms with Crippen molar-refractivity contribution in [2.24, 2.45) is 7.05 Å². The zero-order chi connectivity index (χ0) is 24.5. The molecule has 35 heavy (non-hydrogen) atoms. The van der Waals surface area contributed by atoms with Crippen LogP contribution in [0.15, 0.2) is 43.0 Å². The fourth-order valence-corrected chi connectivity index (χ4v) is 4.32. The standard InChI is InChI=1S/C24H27N9O2/c1-15-10-26-24(29-21-6-8-27-31(21)3)30-22(15)17-9-20-23(34)33(12-18-5-7-25-16(2)28-18)19(14-35-4)13-32(20)11-17/h5-11,19H,12-14H2,1-4H3,(H,26,29,30)/t19-/m1/s1. The third-order valence-corrected chi connectivity index (χ3v) is 6.06. The lowest BCUT2D eigenvalue weighted by atomic mass is 10.1. The molecule has 5 heterocycles. The average Bonchev–Trinajstić information content (AvgIpc) is 3.44.